The molecule has 3 aromatic heterocycles. The molecule has 0 radical (unpaired) electrons. The predicted molar refractivity (Wildman–Crippen MR) is 83.1 cm³/mol. The Hall–Kier alpha value is -2.75. The van der Waals surface area contributed by atoms with Gasteiger partial charge >= 0.3 is 0 Å². The van der Waals surface area contributed by atoms with E-state index >= 15 is 0 Å². The van der Waals surface area contributed by atoms with Crippen LogP contribution in [0.3, 0.4) is 0 Å². The summed E-state index contributed by atoms with van der Waals surface area (Å²) < 4.78 is 6.73. The van der Waals surface area contributed by atoms with E-state index < -0.39 is 0 Å². The van der Waals surface area contributed by atoms with E-state index in [0.717, 1.165) is 5.39 Å². The van der Waals surface area contributed by atoms with Crippen LogP contribution in [-0.2, 0) is 13.5 Å². The number of nitrogens with one attached hydrogen (secondary N) is 2. The maximum Gasteiger partial charge on any atom is 0.228 e. The van der Waals surface area contributed by atoms with Gasteiger partial charge in [-0.05, 0) is 6.92 Å². The normalized spacial score (nSPS) is 11.1. The SMILES string of the molecule is Cc1noc(CCNc2nc(NCCO)c3cnn(C)c3n2)n1. The highest BCUT2D eigenvalue weighted by atomic mass is 16.5. The van der Waals surface area contributed by atoms with Crippen LogP contribution in [-0.4, -0.2) is 54.7 Å². The minimum atomic E-state index is 0.0189. The molecule has 0 bridgehead atoms. The molecule has 3 heterocycles. The molecule has 3 aromatic rings. The van der Waals surface area contributed by atoms with Crippen molar-refractivity contribution in [3.05, 3.63) is 17.9 Å². The molecule has 3 rings (SSSR count). The summed E-state index contributed by atoms with van der Waals surface area (Å²) in [5.41, 5.74) is 0.705. The van der Waals surface area contributed by atoms with Gasteiger partial charge in [0, 0.05) is 26.6 Å². The third-order valence-corrected chi connectivity index (χ3v) is 3.19. The van der Waals surface area contributed by atoms with Gasteiger partial charge in [-0.15, -0.1) is 0 Å². The molecule has 0 spiro atoms. The van der Waals surface area contributed by atoms with Gasteiger partial charge in [0.05, 0.1) is 18.2 Å². The van der Waals surface area contributed by atoms with E-state index in [1.54, 1.807) is 17.8 Å². The first-order valence-corrected chi connectivity index (χ1v) is 7.25. The first-order valence-electron chi connectivity index (χ1n) is 7.25. The number of aliphatic hydroxyl groups excluding tert-OH is 1. The van der Waals surface area contributed by atoms with Gasteiger partial charge in [0.15, 0.2) is 11.5 Å². The Kier molecular flexibility index (Phi) is 4.33. The minimum absolute atomic E-state index is 0.0189. The van der Waals surface area contributed by atoms with Crippen LogP contribution < -0.4 is 10.6 Å². The fraction of sp³-hybridized carbons (Fsp3) is 0.462. The van der Waals surface area contributed by atoms with Crippen LogP contribution in [0.1, 0.15) is 11.7 Å². The maximum atomic E-state index is 8.98. The molecule has 0 aliphatic heterocycles. The van der Waals surface area contributed by atoms with Crippen molar-refractivity contribution < 1.29 is 9.63 Å². The summed E-state index contributed by atoms with van der Waals surface area (Å²) in [6.45, 7) is 2.76. The number of aryl methyl sites for hydroxylation is 2. The average molecular weight is 318 g/mol. The minimum Gasteiger partial charge on any atom is -0.395 e. The van der Waals surface area contributed by atoms with Crippen LogP contribution >= 0.6 is 0 Å². The first-order chi connectivity index (χ1) is 11.2. The Morgan fingerprint density at radius 1 is 1.22 bits per heavy atom. The molecule has 3 N–H and O–H groups in total. The molecule has 0 fully saturated rings. The first kappa shape index (κ1) is 15.2. The third-order valence-electron chi connectivity index (χ3n) is 3.19. The summed E-state index contributed by atoms with van der Waals surface area (Å²) in [7, 11) is 1.82. The number of aromatic nitrogens is 6. The summed E-state index contributed by atoms with van der Waals surface area (Å²) in [5.74, 6) is 2.28. The maximum absolute atomic E-state index is 8.98. The van der Waals surface area contributed by atoms with E-state index in [1.165, 1.54) is 0 Å². The van der Waals surface area contributed by atoms with Crippen molar-refractivity contribution >= 4 is 22.8 Å². The number of hydrogen-bond donors (Lipinski definition) is 3. The molecule has 0 aromatic carbocycles. The van der Waals surface area contributed by atoms with Gasteiger partial charge in [-0.25, -0.2) is 0 Å². The van der Waals surface area contributed by atoms with E-state index in [9.17, 15) is 0 Å². The van der Waals surface area contributed by atoms with Crippen LogP contribution in [0.25, 0.3) is 11.0 Å². The van der Waals surface area contributed by atoms with E-state index in [-0.39, 0.29) is 6.61 Å². The molecule has 0 atom stereocenters. The number of hydrogen-bond acceptors (Lipinski definition) is 9. The fourth-order valence-corrected chi connectivity index (χ4v) is 2.13. The van der Waals surface area contributed by atoms with Crippen molar-refractivity contribution in [3.8, 4) is 0 Å². The van der Waals surface area contributed by atoms with Crippen molar-refractivity contribution in [3.63, 3.8) is 0 Å². The fourth-order valence-electron chi connectivity index (χ4n) is 2.13. The van der Waals surface area contributed by atoms with E-state index in [1.807, 2.05) is 7.05 Å². The van der Waals surface area contributed by atoms with Crippen molar-refractivity contribution in [2.24, 2.45) is 7.05 Å². The second-order valence-corrected chi connectivity index (χ2v) is 4.96. The van der Waals surface area contributed by atoms with Crippen LogP contribution in [0.5, 0.6) is 0 Å². The molecule has 0 amide bonds. The van der Waals surface area contributed by atoms with Gasteiger partial charge in [0.25, 0.3) is 0 Å². The van der Waals surface area contributed by atoms with Gasteiger partial charge in [0.1, 0.15) is 5.82 Å². The molecular formula is C13H18N8O2. The lowest BCUT2D eigenvalue weighted by molar-refractivity contribution is 0.311. The Morgan fingerprint density at radius 3 is 2.83 bits per heavy atom. The number of rotatable bonds is 7. The molecular weight excluding hydrogens is 300 g/mol. The Balaban J connectivity index is 1.75. The Bertz CT molecular complexity index is 796. The molecule has 0 aliphatic carbocycles. The topological polar surface area (TPSA) is 127 Å². The summed E-state index contributed by atoms with van der Waals surface area (Å²) in [6.07, 6.45) is 2.27. The van der Waals surface area contributed by atoms with Gasteiger partial charge in [0.2, 0.25) is 11.8 Å². The third kappa shape index (κ3) is 3.37. The molecule has 0 saturated carbocycles. The molecule has 0 saturated heterocycles. The number of aliphatic hydroxyl groups is 1. The Morgan fingerprint density at radius 2 is 2.09 bits per heavy atom. The lowest BCUT2D eigenvalue weighted by atomic mass is 10.4. The zero-order valence-electron chi connectivity index (χ0n) is 12.9. The smallest absolute Gasteiger partial charge is 0.228 e. The standard InChI is InChI=1S/C13H18N8O2/c1-8-17-10(23-20-8)3-4-15-13-18-11(14-5-6-22)9-7-16-21(2)12(9)19-13/h7,22H,3-6H2,1-2H3,(H2,14,15,18,19). The van der Waals surface area contributed by atoms with Crippen LogP contribution in [0.2, 0.25) is 0 Å². The van der Waals surface area contributed by atoms with Gasteiger partial charge in [-0.3, -0.25) is 4.68 Å². The summed E-state index contributed by atoms with van der Waals surface area (Å²) in [6, 6.07) is 0. The second-order valence-electron chi connectivity index (χ2n) is 4.96. The lowest BCUT2D eigenvalue weighted by Crippen LogP contribution is -2.12. The second kappa shape index (κ2) is 6.57. The van der Waals surface area contributed by atoms with Crippen LogP contribution in [0, 0.1) is 6.92 Å². The molecule has 23 heavy (non-hydrogen) atoms. The van der Waals surface area contributed by atoms with E-state index in [4.69, 9.17) is 9.63 Å². The zero-order valence-corrected chi connectivity index (χ0v) is 12.9. The van der Waals surface area contributed by atoms with E-state index in [2.05, 4.69) is 35.8 Å². The van der Waals surface area contributed by atoms with Crippen molar-refractivity contribution in [1.29, 1.82) is 0 Å². The number of fused-ring (bicyclic) bond motifs is 1. The largest absolute Gasteiger partial charge is 0.395 e. The lowest BCUT2D eigenvalue weighted by Gasteiger charge is -2.09. The Labute approximate surface area is 131 Å². The summed E-state index contributed by atoms with van der Waals surface area (Å²) >= 11 is 0. The highest BCUT2D eigenvalue weighted by molar-refractivity contribution is 5.87. The number of anilines is 2. The summed E-state index contributed by atoms with van der Waals surface area (Å²) in [5, 5.41) is 23.9. The number of nitrogens with zero attached hydrogens (tertiary/aromatic N) is 6. The zero-order chi connectivity index (χ0) is 16.2. The monoisotopic (exact) mass is 318 g/mol. The molecule has 0 unspecified atom stereocenters. The van der Waals surface area contributed by atoms with Gasteiger partial charge < -0.3 is 20.3 Å². The van der Waals surface area contributed by atoms with Gasteiger partial charge in [-0.1, -0.05) is 5.16 Å². The average Bonchev–Trinajstić information content (AvgIpc) is 3.12. The van der Waals surface area contributed by atoms with Crippen molar-refractivity contribution in [1.82, 2.24) is 29.9 Å². The highest BCUT2D eigenvalue weighted by Gasteiger charge is 2.11. The summed E-state index contributed by atoms with van der Waals surface area (Å²) in [4.78, 5) is 13.0. The molecule has 10 nitrogen and oxygen atoms in total. The molecule has 0 aliphatic rings. The van der Waals surface area contributed by atoms with E-state index in [0.29, 0.717) is 48.6 Å². The van der Waals surface area contributed by atoms with Gasteiger partial charge in [-0.2, -0.15) is 20.1 Å². The van der Waals surface area contributed by atoms with Crippen molar-refractivity contribution in [2.45, 2.75) is 13.3 Å². The quantitative estimate of drug-likeness (QED) is 0.556. The van der Waals surface area contributed by atoms with Crippen LogP contribution in [0.15, 0.2) is 10.7 Å². The molecule has 122 valence electrons. The predicted octanol–water partition coefficient (Wildman–Crippen LogP) is 0.114. The molecule has 10 heteroatoms. The highest BCUT2D eigenvalue weighted by Crippen LogP contribution is 2.21. The van der Waals surface area contributed by atoms with Crippen LogP contribution in [0.4, 0.5) is 11.8 Å². The van der Waals surface area contributed by atoms with Crippen molar-refractivity contribution in [2.75, 3.05) is 30.3 Å².